The van der Waals surface area contributed by atoms with Crippen molar-refractivity contribution >= 4 is 0 Å². The van der Waals surface area contributed by atoms with Crippen LogP contribution in [0.1, 0.15) is 20.8 Å². The van der Waals surface area contributed by atoms with Crippen molar-refractivity contribution in [2.75, 3.05) is 0 Å². The molecule has 1 rings (SSSR count). The zero-order chi connectivity index (χ0) is 11.1. The zero-order valence-corrected chi connectivity index (χ0v) is 9.70. The highest BCUT2D eigenvalue weighted by Crippen LogP contribution is 2.22. The highest BCUT2D eigenvalue weighted by Gasteiger charge is 2.14. The van der Waals surface area contributed by atoms with Gasteiger partial charge >= 0.3 is 0 Å². The fourth-order valence-corrected chi connectivity index (χ4v) is 1.18. The lowest BCUT2D eigenvalue weighted by Crippen LogP contribution is -2.20. The Kier molecular flexibility index (Phi) is 4.17. The number of hydrogen-bond donors (Lipinski definition) is 1. The third-order valence-electron chi connectivity index (χ3n) is 2.07. The van der Waals surface area contributed by atoms with Crippen LogP contribution in [0.3, 0.4) is 0 Å². The van der Waals surface area contributed by atoms with Gasteiger partial charge in [0.15, 0.2) is 0 Å². The fourth-order valence-electron chi connectivity index (χ4n) is 1.18. The smallest absolute Gasteiger partial charge is 0.0201 e. The summed E-state index contributed by atoms with van der Waals surface area (Å²) >= 11 is 0. The second-order valence-corrected chi connectivity index (χ2v) is 4.49. The van der Waals surface area contributed by atoms with Gasteiger partial charge in [-0.1, -0.05) is 57.2 Å². The lowest BCUT2D eigenvalue weighted by Gasteiger charge is -2.22. The molecule has 0 unspecified atom stereocenters. The largest absolute Gasteiger partial charge is 0.365 e. The molecule has 0 aromatic heterocycles. The van der Waals surface area contributed by atoms with Crippen LogP contribution in [0.4, 0.5) is 0 Å². The molecule has 1 aliphatic rings. The van der Waals surface area contributed by atoms with E-state index in [9.17, 15) is 0 Å². The highest BCUT2D eigenvalue weighted by atomic mass is 14.9. The Morgan fingerprint density at radius 3 is 1.93 bits per heavy atom. The Hall–Kier alpha value is -1.50. The molecule has 0 bridgehead atoms. The standard InChI is InChI=1S/C14H19N/c1-14(2,3)13-11-9-7-5-4-6-8-10-12-15-13/h4-12,15H,1-3H3/b5-4+,8-6-,9-7+,12-10-,13-11-. The lowest BCUT2D eigenvalue weighted by atomic mass is 9.91. The quantitative estimate of drug-likeness (QED) is 0.630. The molecule has 0 amide bonds. The van der Waals surface area contributed by atoms with Gasteiger partial charge in [0.05, 0.1) is 0 Å². The normalized spacial score (nSPS) is 28.9. The maximum atomic E-state index is 3.31. The molecule has 0 radical (unpaired) electrons. The SMILES string of the molecule is CC(C)(C)/C1=C/C=C/C=C/C=C\C=C/N1. The van der Waals surface area contributed by atoms with Crippen molar-refractivity contribution in [2.24, 2.45) is 5.41 Å². The van der Waals surface area contributed by atoms with Gasteiger partial charge in [0.1, 0.15) is 0 Å². The Morgan fingerprint density at radius 1 is 0.800 bits per heavy atom. The highest BCUT2D eigenvalue weighted by molar-refractivity contribution is 5.24. The minimum atomic E-state index is 0.135. The van der Waals surface area contributed by atoms with Crippen molar-refractivity contribution in [3.63, 3.8) is 0 Å². The maximum Gasteiger partial charge on any atom is 0.0201 e. The molecule has 0 spiro atoms. The first-order valence-electron chi connectivity index (χ1n) is 5.24. The van der Waals surface area contributed by atoms with E-state index >= 15 is 0 Å². The van der Waals surface area contributed by atoms with Gasteiger partial charge in [0, 0.05) is 17.3 Å². The van der Waals surface area contributed by atoms with Crippen molar-refractivity contribution in [1.82, 2.24) is 5.32 Å². The van der Waals surface area contributed by atoms with E-state index in [0.29, 0.717) is 0 Å². The minimum absolute atomic E-state index is 0.135. The average molecular weight is 201 g/mol. The van der Waals surface area contributed by atoms with Crippen LogP contribution in [0, 0.1) is 5.41 Å². The van der Waals surface area contributed by atoms with E-state index in [2.05, 4.69) is 38.2 Å². The first-order valence-corrected chi connectivity index (χ1v) is 5.24. The second-order valence-electron chi connectivity index (χ2n) is 4.49. The van der Waals surface area contributed by atoms with Gasteiger partial charge in [-0.25, -0.2) is 0 Å². The van der Waals surface area contributed by atoms with Crippen molar-refractivity contribution in [1.29, 1.82) is 0 Å². The van der Waals surface area contributed by atoms with Gasteiger partial charge in [-0.2, -0.15) is 0 Å². The molecular weight excluding hydrogens is 182 g/mol. The molecule has 1 aliphatic heterocycles. The molecule has 1 heteroatoms. The van der Waals surface area contributed by atoms with Crippen LogP contribution in [-0.2, 0) is 0 Å². The van der Waals surface area contributed by atoms with Gasteiger partial charge in [-0.3, -0.25) is 0 Å². The van der Waals surface area contributed by atoms with Crippen LogP contribution in [0.5, 0.6) is 0 Å². The van der Waals surface area contributed by atoms with Gasteiger partial charge in [0.2, 0.25) is 0 Å². The molecule has 1 nitrogen and oxygen atoms in total. The first-order chi connectivity index (χ1) is 7.11. The summed E-state index contributed by atoms with van der Waals surface area (Å²) in [7, 11) is 0. The van der Waals surface area contributed by atoms with Gasteiger partial charge in [0.25, 0.3) is 0 Å². The monoisotopic (exact) mass is 201 g/mol. The summed E-state index contributed by atoms with van der Waals surface area (Å²) in [5.41, 5.74) is 1.34. The van der Waals surface area contributed by atoms with Gasteiger partial charge < -0.3 is 5.32 Å². The summed E-state index contributed by atoms with van der Waals surface area (Å²) in [6, 6.07) is 0. The third kappa shape index (κ3) is 4.50. The molecule has 0 aromatic carbocycles. The summed E-state index contributed by atoms with van der Waals surface area (Å²) in [6.45, 7) is 6.58. The van der Waals surface area contributed by atoms with E-state index in [1.807, 2.05) is 42.7 Å². The predicted octanol–water partition coefficient (Wildman–Crippen LogP) is 3.70. The van der Waals surface area contributed by atoms with Gasteiger partial charge in [-0.05, 0) is 12.2 Å². The van der Waals surface area contributed by atoms with Crippen LogP contribution in [0.15, 0.2) is 60.5 Å². The molecule has 0 fully saturated rings. The lowest BCUT2D eigenvalue weighted by molar-refractivity contribution is 0.479. The van der Waals surface area contributed by atoms with Crippen LogP contribution in [-0.4, -0.2) is 0 Å². The number of nitrogens with one attached hydrogen (secondary N) is 1. The molecule has 0 aromatic rings. The first kappa shape index (κ1) is 11.6. The van der Waals surface area contributed by atoms with Crippen LogP contribution < -0.4 is 5.32 Å². The van der Waals surface area contributed by atoms with E-state index in [0.717, 1.165) is 0 Å². The predicted molar refractivity (Wildman–Crippen MR) is 67.2 cm³/mol. The molecule has 80 valence electrons. The van der Waals surface area contributed by atoms with Crippen LogP contribution >= 0.6 is 0 Å². The third-order valence-corrected chi connectivity index (χ3v) is 2.07. The maximum absolute atomic E-state index is 3.31. The molecule has 0 atom stereocenters. The zero-order valence-electron chi connectivity index (χ0n) is 9.70. The Balaban J connectivity index is 2.90. The molecule has 1 N–H and O–H groups in total. The minimum Gasteiger partial charge on any atom is -0.365 e. The Bertz CT molecular complexity index is 333. The molecule has 0 saturated heterocycles. The van der Waals surface area contributed by atoms with E-state index in [1.54, 1.807) is 0 Å². The van der Waals surface area contributed by atoms with Crippen LogP contribution in [0.2, 0.25) is 0 Å². The molecular formula is C14H19N. The molecule has 0 saturated carbocycles. The van der Waals surface area contributed by atoms with Crippen molar-refractivity contribution in [2.45, 2.75) is 20.8 Å². The molecule has 0 aliphatic carbocycles. The van der Waals surface area contributed by atoms with E-state index in [-0.39, 0.29) is 5.41 Å². The van der Waals surface area contributed by atoms with Crippen molar-refractivity contribution in [3.8, 4) is 0 Å². The number of hydrogen-bond acceptors (Lipinski definition) is 1. The van der Waals surface area contributed by atoms with E-state index < -0.39 is 0 Å². The topological polar surface area (TPSA) is 12.0 Å². The van der Waals surface area contributed by atoms with Gasteiger partial charge in [-0.15, -0.1) is 0 Å². The summed E-state index contributed by atoms with van der Waals surface area (Å²) in [6.07, 6.45) is 18.2. The molecule has 1 heterocycles. The summed E-state index contributed by atoms with van der Waals surface area (Å²) < 4.78 is 0. The average Bonchev–Trinajstić information content (AvgIpc) is 2.20. The fraction of sp³-hybridized carbons (Fsp3) is 0.286. The van der Waals surface area contributed by atoms with Crippen molar-refractivity contribution < 1.29 is 0 Å². The number of allylic oxidation sites excluding steroid dienone is 9. The molecule has 15 heavy (non-hydrogen) atoms. The number of rotatable bonds is 0. The van der Waals surface area contributed by atoms with Crippen LogP contribution in [0.25, 0.3) is 0 Å². The second kappa shape index (κ2) is 5.40. The Labute approximate surface area is 92.6 Å². The van der Waals surface area contributed by atoms with Crippen molar-refractivity contribution in [3.05, 3.63) is 60.5 Å². The summed E-state index contributed by atoms with van der Waals surface area (Å²) in [4.78, 5) is 0. The van der Waals surface area contributed by atoms with E-state index in [1.165, 1.54) is 5.70 Å². The summed E-state index contributed by atoms with van der Waals surface area (Å²) in [5, 5.41) is 3.31. The summed E-state index contributed by atoms with van der Waals surface area (Å²) in [5.74, 6) is 0. The van der Waals surface area contributed by atoms with E-state index in [4.69, 9.17) is 0 Å². The Morgan fingerprint density at radius 2 is 1.33 bits per heavy atom.